The zero-order valence-corrected chi connectivity index (χ0v) is 31.0. The van der Waals surface area contributed by atoms with E-state index >= 15 is 4.79 Å². The van der Waals surface area contributed by atoms with Crippen molar-refractivity contribution in [1.82, 2.24) is 19.7 Å². The summed E-state index contributed by atoms with van der Waals surface area (Å²) >= 11 is 6.74. The van der Waals surface area contributed by atoms with Crippen molar-refractivity contribution < 1.29 is 27.1 Å². The highest BCUT2D eigenvalue weighted by Gasteiger charge is 2.63. The molecule has 1 amide bonds. The van der Waals surface area contributed by atoms with Gasteiger partial charge in [0, 0.05) is 61.5 Å². The van der Waals surface area contributed by atoms with Crippen LogP contribution in [0.25, 0.3) is 0 Å². The van der Waals surface area contributed by atoms with Gasteiger partial charge in [0.25, 0.3) is 15.9 Å². The van der Waals surface area contributed by atoms with Crippen LogP contribution in [0.4, 0.5) is 5.69 Å². The van der Waals surface area contributed by atoms with E-state index in [1.807, 2.05) is 30.0 Å². The molecule has 13 heteroatoms. The maximum absolute atomic E-state index is 15.7. The van der Waals surface area contributed by atoms with Crippen LogP contribution in [0.2, 0.25) is 5.02 Å². The lowest BCUT2D eigenvalue weighted by molar-refractivity contribution is -0.127. The van der Waals surface area contributed by atoms with Crippen LogP contribution in [-0.2, 0) is 26.9 Å². The van der Waals surface area contributed by atoms with Crippen LogP contribution < -0.4 is 13.8 Å². The Hall–Kier alpha value is -3.94. The minimum atomic E-state index is -4.42. The van der Waals surface area contributed by atoms with Crippen molar-refractivity contribution in [2.45, 2.75) is 62.7 Å². The zero-order chi connectivity index (χ0) is 35.9. The number of methoxy groups -OCH3 is 1. The second-order valence-corrected chi connectivity index (χ2v) is 15.7. The predicted octanol–water partition coefficient (Wildman–Crippen LogP) is 6.08. The number of piperazine rings is 1. The number of fused-ring (bicyclic) bond motifs is 1. The molecule has 0 N–H and O–H groups in total. The normalized spacial score (nSPS) is 21.8. The van der Waals surface area contributed by atoms with Crippen molar-refractivity contribution >= 4 is 33.2 Å². The molecule has 0 saturated carbocycles. The summed E-state index contributed by atoms with van der Waals surface area (Å²) in [5.74, 6) is 0.798. The van der Waals surface area contributed by atoms with Crippen LogP contribution in [-0.4, -0.2) is 86.5 Å². The van der Waals surface area contributed by atoms with Gasteiger partial charge in [0.05, 0.1) is 36.5 Å². The third-order valence-electron chi connectivity index (χ3n) is 10.4. The van der Waals surface area contributed by atoms with E-state index < -0.39 is 27.5 Å². The van der Waals surface area contributed by atoms with Crippen molar-refractivity contribution in [3.05, 3.63) is 101 Å². The molecule has 0 bridgehead atoms. The molecule has 0 aliphatic carbocycles. The Bertz CT molecular complexity index is 1980. The van der Waals surface area contributed by atoms with Crippen LogP contribution in [0.3, 0.4) is 0 Å². The van der Waals surface area contributed by atoms with Crippen LogP contribution in [0.1, 0.15) is 62.2 Å². The van der Waals surface area contributed by atoms with Crippen LogP contribution in [0.5, 0.6) is 11.5 Å². The molecule has 0 spiro atoms. The number of aromatic nitrogens is 1. The van der Waals surface area contributed by atoms with E-state index in [9.17, 15) is 8.42 Å². The Kier molecular flexibility index (Phi) is 9.90. The number of benzene rings is 3. The molecule has 7 rings (SSSR count). The fourth-order valence-electron chi connectivity index (χ4n) is 7.91. The number of likely N-dealkylation sites (tertiary alicyclic amines) is 1. The maximum Gasteiger partial charge on any atom is 0.271 e. The van der Waals surface area contributed by atoms with Gasteiger partial charge in [-0.05, 0) is 93.8 Å². The molecule has 3 aromatic carbocycles. The molecule has 11 nitrogen and oxygen atoms in total. The molecule has 4 aromatic rings. The smallest absolute Gasteiger partial charge is 0.271 e. The summed E-state index contributed by atoms with van der Waals surface area (Å²) in [6.45, 7) is 11.6. The van der Waals surface area contributed by atoms with Gasteiger partial charge < -0.3 is 13.9 Å². The number of amides is 1. The summed E-state index contributed by atoms with van der Waals surface area (Å²) in [5.41, 5.74) is 0.549. The fraction of sp³-hybridized carbons (Fsp3) is 0.421. The second-order valence-electron chi connectivity index (χ2n) is 13.5. The molecule has 2 saturated heterocycles. The summed E-state index contributed by atoms with van der Waals surface area (Å²) in [7, 11) is -2.86. The molecule has 3 aliphatic heterocycles. The second kappa shape index (κ2) is 14.2. The number of rotatable bonds is 11. The number of halogens is 1. The van der Waals surface area contributed by atoms with Gasteiger partial charge in [0.2, 0.25) is 5.89 Å². The Morgan fingerprint density at radius 1 is 1.00 bits per heavy atom. The molecule has 1 aromatic heterocycles. The predicted molar refractivity (Wildman–Crippen MR) is 195 cm³/mol. The first-order valence-corrected chi connectivity index (χ1v) is 19.3. The average molecular weight is 734 g/mol. The topological polar surface area (TPSA) is 109 Å². The summed E-state index contributed by atoms with van der Waals surface area (Å²) in [4.78, 5) is 27.1. The van der Waals surface area contributed by atoms with Gasteiger partial charge in [-0.2, -0.15) is 0 Å². The highest BCUT2D eigenvalue weighted by atomic mass is 35.5. The number of oxazole rings is 1. The lowest BCUT2D eigenvalue weighted by Gasteiger charge is -2.41. The minimum absolute atomic E-state index is 0.0390. The van der Waals surface area contributed by atoms with Gasteiger partial charge in [-0.25, -0.2) is 17.7 Å². The Morgan fingerprint density at radius 3 is 2.43 bits per heavy atom. The number of hydrogen-bond acceptors (Lipinski definition) is 10. The first-order chi connectivity index (χ1) is 24.6. The van der Waals surface area contributed by atoms with Crippen LogP contribution in [0.15, 0.2) is 82.4 Å². The van der Waals surface area contributed by atoms with E-state index in [0.29, 0.717) is 65.7 Å². The van der Waals surface area contributed by atoms with Crippen molar-refractivity contribution in [2.75, 3.05) is 50.7 Å². The minimum Gasteiger partial charge on any atom is -0.496 e. The zero-order valence-electron chi connectivity index (χ0n) is 29.4. The molecule has 51 heavy (non-hydrogen) atoms. The third-order valence-corrected chi connectivity index (χ3v) is 12.3. The van der Waals surface area contributed by atoms with E-state index in [2.05, 4.69) is 28.6 Å². The van der Waals surface area contributed by atoms with Gasteiger partial charge in [0.1, 0.15) is 17.8 Å². The van der Waals surface area contributed by atoms with Crippen molar-refractivity contribution in [3.8, 4) is 11.5 Å². The molecular formula is C38H44ClN5O6S. The fourth-order valence-corrected chi connectivity index (χ4v) is 9.55. The van der Waals surface area contributed by atoms with E-state index in [-0.39, 0.29) is 10.6 Å². The van der Waals surface area contributed by atoms with Crippen molar-refractivity contribution in [1.29, 1.82) is 0 Å². The molecule has 4 heterocycles. The van der Waals surface area contributed by atoms with Gasteiger partial charge in [-0.1, -0.05) is 17.7 Å². The monoisotopic (exact) mass is 733 g/mol. The summed E-state index contributed by atoms with van der Waals surface area (Å²) in [6.07, 6.45) is 4.48. The standard InChI is InChI=1S/C38H44ClN5O6S/c1-5-49-29-10-12-30(13-11-29)51(46,47)44-33-14-9-28(39)24-31(33)38(37(44)45,43-17-6-7-34(43)36-40-16-22-50-36)32-23-27(8-15-35(32)48-4)25-41-18-20-42(21-19-41)26(2)3/h8-16,22-24,26,34H,5-7,17-21,25H2,1-4H3. The summed E-state index contributed by atoms with van der Waals surface area (Å²) in [6, 6.07) is 17.0. The highest BCUT2D eigenvalue weighted by molar-refractivity contribution is 7.93. The molecule has 3 aliphatic rings. The number of carbonyl (C=O) groups excluding carboxylic acids is 1. The Balaban J connectivity index is 1.41. The lowest BCUT2D eigenvalue weighted by atomic mass is 9.80. The number of sulfonamides is 1. The van der Waals surface area contributed by atoms with Crippen LogP contribution >= 0.6 is 11.6 Å². The average Bonchev–Trinajstić information content (AvgIpc) is 3.88. The number of carbonyl (C=O) groups is 1. The number of nitrogens with zero attached hydrogens (tertiary/aromatic N) is 5. The first kappa shape index (κ1) is 35.5. The maximum atomic E-state index is 15.7. The van der Waals surface area contributed by atoms with E-state index in [4.69, 9.17) is 25.5 Å². The van der Waals surface area contributed by atoms with Gasteiger partial charge in [-0.3, -0.25) is 19.5 Å². The summed E-state index contributed by atoms with van der Waals surface area (Å²) in [5, 5.41) is 0.372. The van der Waals surface area contributed by atoms with Gasteiger partial charge in [0.15, 0.2) is 5.54 Å². The third kappa shape index (κ3) is 6.20. The number of anilines is 1. The molecule has 2 fully saturated rings. The number of hydrogen-bond donors (Lipinski definition) is 0. The van der Waals surface area contributed by atoms with E-state index in [1.54, 1.807) is 43.6 Å². The largest absolute Gasteiger partial charge is 0.496 e. The SMILES string of the molecule is CCOc1ccc(S(=O)(=O)N2C(=O)C(c3cc(CN4CCN(C(C)C)CC4)ccc3OC)(N3CCCC3c3ncco3)c3cc(Cl)ccc32)cc1. The Morgan fingerprint density at radius 2 is 1.76 bits per heavy atom. The molecule has 2 unspecified atom stereocenters. The van der Waals surface area contributed by atoms with Crippen LogP contribution in [0, 0.1) is 0 Å². The molecular weight excluding hydrogens is 690 g/mol. The molecule has 0 radical (unpaired) electrons. The highest BCUT2D eigenvalue weighted by Crippen LogP contribution is 2.57. The molecule has 270 valence electrons. The van der Waals surface area contributed by atoms with E-state index in [1.165, 1.54) is 18.4 Å². The van der Waals surface area contributed by atoms with E-state index in [0.717, 1.165) is 42.5 Å². The summed E-state index contributed by atoms with van der Waals surface area (Å²) < 4.78 is 47.8. The quantitative estimate of drug-likeness (QED) is 0.180. The lowest BCUT2D eigenvalue weighted by Crippen LogP contribution is -2.54. The van der Waals surface area contributed by atoms with Crippen molar-refractivity contribution in [2.24, 2.45) is 0 Å². The Labute approximate surface area is 304 Å². The van der Waals surface area contributed by atoms with Crippen molar-refractivity contribution in [3.63, 3.8) is 0 Å². The molecule has 2 atom stereocenters. The number of ether oxygens (including phenoxy) is 2. The first-order valence-electron chi connectivity index (χ1n) is 17.5. The van der Waals surface area contributed by atoms with Gasteiger partial charge in [-0.15, -0.1) is 0 Å². The van der Waals surface area contributed by atoms with Gasteiger partial charge >= 0.3 is 0 Å².